The lowest BCUT2D eigenvalue weighted by molar-refractivity contribution is -0.146. The molecule has 1 aliphatic rings. The number of hydrogen-bond acceptors (Lipinski definition) is 6. The number of rotatable bonds is 8. The number of thiophene rings is 2. The molecule has 196 valence electrons. The topological polar surface area (TPSA) is 64.6 Å². The van der Waals surface area contributed by atoms with Gasteiger partial charge in [-0.15, -0.1) is 11.3 Å². The molecular formula is C29H25ClFNO4S2. The molecule has 1 N–H and O–H groups in total. The van der Waals surface area contributed by atoms with Gasteiger partial charge in [-0.25, -0.2) is 4.79 Å². The maximum absolute atomic E-state index is 14.5. The fourth-order valence-electron chi connectivity index (χ4n) is 4.51. The van der Waals surface area contributed by atoms with Gasteiger partial charge in [-0.05, 0) is 48.8 Å². The number of halogens is 2. The third-order valence-electron chi connectivity index (χ3n) is 6.64. The van der Waals surface area contributed by atoms with Crippen LogP contribution in [0.1, 0.15) is 43.9 Å². The Morgan fingerprint density at radius 2 is 1.82 bits per heavy atom. The molecule has 1 unspecified atom stereocenters. The van der Waals surface area contributed by atoms with Crippen LogP contribution in [0.4, 0.5) is 14.9 Å². The highest BCUT2D eigenvalue weighted by Crippen LogP contribution is 2.50. The Bertz CT molecular complexity index is 1480. The second-order valence-corrected chi connectivity index (χ2v) is 11.2. The average Bonchev–Trinajstić information content (AvgIpc) is 3.48. The number of carbonyl (C=O) groups excluding carboxylic acids is 2. The van der Waals surface area contributed by atoms with Crippen LogP contribution in [0.25, 0.3) is 21.6 Å². The zero-order chi connectivity index (χ0) is 26.9. The summed E-state index contributed by atoms with van der Waals surface area (Å²) in [5.41, 5.74) is 3.97. The van der Waals surface area contributed by atoms with Crippen molar-refractivity contribution in [2.24, 2.45) is 0 Å². The second kappa shape index (κ2) is 10.9. The van der Waals surface area contributed by atoms with E-state index >= 15 is 0 Å². The van der Waals surface area contributed by atoms with Crippen LogP contribution in [0.15, 0.2) is 65.4 Å². The summed E-state index contributed by atoms with van der Waals surface area (Å²) in [4.78, 5) is 25.8. The van der Waals surface area contributed by atoms with E-state index in [4.69, 9.17) is 21.1 Å². The summed E-state index contributed by atoms with van der Waals surface area (Å²) in [6.45, 7) is 3.90. The van der Waals surface area contributed by atoms with Crippen molar-refractivity contribution >= 4 is 52.0 Å². The van der Waals surface area contributed by atoms with Crippen LogP contribution in [0, 0.1) is 5.13 Å². The SMILES string of the molecule is CCOC(=O)C1(c2ccc(-c3ccccc3-c3sc(F)cc3NC(=O)OC(C)c3cscc3Cl)cc2)CC1. The van der Waals surface area contributed by atoms with E-state index in [1.807, 2.05) is 60.8 Å². The third-order valence-corrected chi connectivity index (χ3v) is 8.81. The van der Waals surface area contributed by atoms with Crippen LogP contribution < -0.4 is 5.32 Å². The van der Waals surface area contributed by atoms with Crippen molar-refractivity contribution in [1.82, 2.24) is 0 Å². The minimum atomic E-state index is -0.700. The molecule has 0 bridgehead atoms. The summed E-state index contributed by atoms with van der Waals surface area (Å²) in [7, 11) is 0. The van der Waals surface area contributed by atoms with E-state index in [-0.39, 0.29) is 5.97 Å². The first-order chi connectivity index (χ1) is 18.3. The van der Waals surface area contributed by atoms with Gasteiger partial charge in [-0.2, -0.15) is 15.7 Å². The van der Waals surface area contributed by atoms with Crippen molar-refractivity contribution in [3.8, 4) is 21.6 Å². The second-order valence-electron chi connectivity index (χ2n) is 9.07. The highest BCUT2D eigenvalue weighted by atomic mass is 35.5. The molecule has 4 aromatic rings. The molecule has 0 saturated heterocycles. The van der Waals surface area contributed by atoms with Crippen molar-refractivity contribution in [1.29, 1.82) is 0 Å². The van der Waals surface area contributed by atoms with E-state index in [0.717, 1.165) is 46.4 Å². The molecule has 38 heavy (non-hydrogen) atoms. The van der Waals surface area contributed by atoms with Crippen molar-refractivity contribution in [2.45, 2.75) is 38.2 Å². The standard InChI is InChI=1S/C29H25ClFNO4S2/c1-3-35-27(33)29(12-13-29)19-10-8-18(9-11-19)20-6-4-5-7-21(20)26-24(14-25(31)38-26)32-28(34)36-17(2)22-15-37-16-23(22)30/h4-11,14-17H,3,12-13H2,1-2H3,(H,32,34). The normalized spacial score (nSPS) is 14.5. The molecule has 1 fully saturated rings. The number of carbonyl (C=O) groups is 2. The van der Waals surface area contributed by atoms with Gasteiger partial charge in [0.05, 0.1) is 27.6 Å². The molecule has 2 aromatic heterocycles. The fourth-order valence-corrected chi connectivity index (χ4v) is 6.60. The van der Waals surface area contributed by atoms with E-state index in [9.17, 15) is 14.0 Å². The molecule has 1 aliphatic carbocycles. The molecule has 1 atom stereocenters. The Labute approximate surface area is 233 Å². The van der Waals surface area contributed by atoms with Crippen molar-refractivity contribution in [3.63, 3.8) is 0 Å². The first-order valence-electron chi connectivity index (χ1n) is 12.2. The minimum Gasteiger partial charge on any atom is -0.465 e. The molecule has 5 rings (SSSR count). The Morgan fingerprint density at radius 1 is 1.11 bits per heavy atom. The highest BCUT2D eigenvalue weighted by Gasteiger charge is 2.52. The van der Waals surface area contributed by atoms with E-state index in [2.05, 4.69) is 5.32 Å². The minimum absolute atomic E-state index is 0.180. The summed E-state index contributed by atoms with van der Waals surface area (Å²) >= 11 is 8.53. The third kappa shape index (κ3) is 5.21. The van der Waals surface area contributed by atoms with Crippen LogP contribution in [0.5, 0.6) is 0 Å². The number of ether oxygens (including phenoxy) is 2. The monoisotopic (exact) mass is 569 g/mol. The zero-order valence-corrected chi connectivity index (χ0v) is 23.1. The Balaban J connectivity index is 1.40. The van der Waals surface area contributed by atoms with Gasteiger partial charge in [0.15, 0.2) is 5.13 Å². The van der Waals surface area contributed by atoms with Crippen LogP contribution >= 0.6 is 34.3 Å². The molecule has 2 heterocycles. The van der Waals surface area contributed by atoms with E-state index in [0.29, 0.717) is 27.8 Å². The quantitative estimate of drug-likeness (QED) is 0.215. The fraction of sp³-hybridized carbons (Fsp3) is 0.241. The number of amides is 1. The van der Waals surface area contributed by atoms with Gasteiger partial charge in [-0.1, -0.05) is 60.1 Å². The summed E-state index contributed by atoms with van der Waals surface area (Å²) in [6.07, 6.45) is 0.294. The molecule has 1 saturated carbocycles. The van der Waals surface area contributed by atoms with Gasteiger partial charge < -0.3 is 9.47 Å². The van der Waals surface area contributed by atoms with Crippen LogP contribution in [0.2, 0.25) is 5.02 Å². The van der Waals surface area contributed by atoms with Gasteiger partial charge in [-0.3, -0.25) is 10.1 Å². The lowest BCUT2D eigenvalue weighted by Crippen LogP contribution is -2.23. The van der Waals surface area contributed by atoms with Gasteiger partial charge in [0, 0.05) is 22.6 Å². The van der Waals surface area contributed by atoms with Gasteiger partial charge >= 0.3 is 12.1 Å². The zero-order valence-electron chi connectivity index (χ0n) is 20.8. The van der Waals surface area contributed by atoms with Gasteiger partial charge in [0.2, 0.25) is 0 Å². The number of benzene rings is 2. The lowest BCUT2D eigenvalue weighted by atomic mass is 9.92. The average molecular weight is 570 g/mol. The van der Waals surface area contributed by atoms with Crippen molar-refractivity contribution in [3.05, 3.63) is 86.6 Å². The first-order valence-corrected chi connectivity index (χ1v) is 14.3. The highest BCUT2D eigenvalue weighted by molar-refractivity contribution is 7.14. The molecule has 9 heteroatoms. The number of anilines is 1. The molecule has 0 radical (unpaired) electrons. The van der Waals surface area contributed by atoms with E-state index < -0.39 is 22.7 Å². The Morgan fingerprint density at radius 3 is 2.45 bits per heavy atom. The van der Waals surface area contributed by atoms with Crippen LogP contribution in [0.3, 0.4) is 0 Å². The maximum atomic E-state index is 14.5. The molecule has 1 amide bonds. The summed E-state index contributed by atoms with van der Waals surface area (Å²) in [5, 5.41) is 6.40. The predicted octanol–water partition coefficient (Wildman–Crippen LogP) is 8.84. The number of hydrogen-bond donors (Lipinski definition) is 1. The van der Waals surface area contributed by atoms with Crippen molar-refractivity contribution in [2.75, 3.05) is 11.9 Å². The number of esters is 1. The number of nitrogens with one attached hydrogen (secondary N) is 1. The van der Waals surface area contributed by atoms with E-state index in [1.54, 1.807) is 12.3 Å². The summed E-state index contributed by atoms with van der Waals surface area (Å²) in [5.74, 6) is -0.180. The maximum Gasteiger partial charge on any atom is 0.412 e. The van der Waals surface area contributed by atoms with Crippen molar-refractivity contribution < 1.29 is 23.5 Å². The largest absolute Gasteiger partial charge is 0.465 e. The molecule has 5 nitrogen and oxygen atoms in total. The lowest BCUT2D eigenvalue weighted by Gasteiger charge is -2.16. The first kappa shape index (κ1) is 26.4. The molecular weight excluding hydrogens is 545 g/mol. The van der Waals surface area contributed by atoms with E-state index in [1.165, 1.54) is 17.4 Å². The molecule has 0 spiro atoms. The Kier molecular flexibility index (Phi) is 7.56. The smallest absolute Gasteiger partial charge is 0.412 e. The van der Waals surface area contributed by atoms with Gasteiger partial charge in [0.1, 0.15) is 6.10 Å². The summed E-state index contributed by atoms with van der Waals surface area (Å²) in [6, 6.07) is 16.7. The van der Waals surface area contributed by atoms with Gasteiger partial charge in [0.25, 0.3) is 0 Å². The molecule has 0 aliphatic heterocycles. The molecule has 2 aromatic carbocycles. The van der Waals surface area contributed by atoms with Crippen LogP contribution in [-0.4, -0.2) is 18.7 Å². The predicted molar refractivity (Wildman–Crippen MR) is 151 cm³/mol. The summed E-state index contributed by atoms with van der Waals surface area (Å²) < 4.78 is 25.3. The Hall–Kier alpha value is -3.20. The van der Waals surface area contributed by atoms with Crippen LogP contribution in [-0.2, 0) is 19.7 Å².